The quantitative estimate of drug-likeness (QED) is 0.628. The second-order valence-corrected chi connectivity index (χ2v) is 2.82. The first-order chi connectivity index (χ1) is 5.70. The highest BCUT2D eigenvalue weighted by Gasteiger charge is 1.96. The van der Waals surface area contributed by atoms with Crippen molar-refractivity contribution in [2.45, 2.75) is 19.8 Å². The van der Waals surface area contributed by atoms with E-state index >= 15 is 0 Å². The van der Waals surface area contributed by atoms with Gasteiger partial charge < -0.3 is 10.8 Å². The van der Waals surface area contributed by atoms with E-state index in [1.807, 2.05) is 18.2 Å². The van der Waals surface area contributed by atoms with E-state index in [1.165, 1.54) is 5.56 Å². The van der Waals surface area contributed by atoms with Crippen LogP contribution in [0, 0.1) is 0 Å². The number of benzene rings is 1. The summed E-state index contributed by atoms with van der Waals surface area (Å²) in [5.74, 6) is 0.573. The Balaban J connectivity index is 0.000000561. The molecule has 0 unspecified atom stereocenters. The molecule has 68 valence electrons. The topological polar surface area (TPSA) is 46.2 Å². The Morgan fingerprint density at radius 2 is 1.83 bits per heavy atom. The van der Waals surface area contributed by atoms with Crippen LogP contribution in [0.1, 0.15) is 25.3 Å². The minimum atomic E-state index is 0.573. The van der Waals surface area contributed by atoms with Gasteiger partial charge in [-0.1, -0.05) is 26.0 Å². The first-order valence-electron chi connectivity index (χ1n) is 4.00. The van der Waals surface area contributed by atoms with E-state index < -0.39 is 0 Å². The summed E-state index contributed by atoms with van der Waals surface area (Å²) in [6.07, 6.45) is 0. The van der Waals surface area contributed by atoms with Crippen LogP contribution in [0.5, 0.6) is 0 Å². The molecule has 0 aliphatic heterocycles. The molecule has 12 heavy (non-hydrogen) atoms. The minimum Gasteiger partial charge on any atom is -0.400 e. The van der Waals surface area contributed by atoms with Crippen LogP contribution in [0.4, 0.5) is 5.69 Å². The molecule has 0 heterocycles. The predicted molar refractivity (Wildman–Crippen MR) is 53.1 cm³/mol. The van der Waals surface area contributed by atoms with Gasteiger partial charge in [0.05, 0.1) is 0 Å². The summed E-state index contributed by atoms with van der Waals surface area (Å²) in [6.45, 7) is 4.32. The molecule has 0 aliphatic carbocycles. The number of aliphatic hydroxyl groups excluding tert-OH is 1. The molecule has 0 saturated heterocycles. The Kier molecular flexibility index (Phi) is 5.13. The highest BCUT2D eigenvalue weighted by molar-refractivity contribution is 5.41. The third kappa shape index (κ3) is 3.39. The standard InChI is InChI=1S/C9H13N.CH4O/c1-7(2)8-4-3-5-9(10)6-8;1-2/h3-7H,10H2,1-2H3;2H,1H3. The molecule has 0 aliphatic rings. The van der Waals surface area contributed by atoms with E-state index in [1.54, 1.807) is 0 Å². The van der Waals surface area contributed by atoms with Crippen LogP contribution in [-0.4, -0.2) is 12.2 Å². The Bertz CT molecular complexity index is 221. The number of aliphatic hydroxyl groups is 1. The molecule has 0 aromatic heterocycles. The minimum absolute atomic E-state index is 0.573. The van der Waals surface area contributed by atoms with Gasteiger partial charge in [0, 0.05) is 12.8 Å². The second-order valence-electron chi connectivity index (χ2n) is 2.82. The maximum Gasteiger partial charge on any atom is 0.0319 e. The smallest absolute Gasteiger partial charge is 0.0319 e. The number of rotatable bonds is 1. The summed E-state index contributed by atoms with van der Waals surface area (Å²) in [5.41, 5.74) is 7.75. The van der Waals surface area contributed by atoms with Crippen LogP contribution in [-0.2, 0) is 0 Å². The molecule has 2 nitrogen and oxygen atoms in total. The molecule has 0 bridgehead atoms. The number of nitrogen functional groups attached to an aromatic ring is 1. The summed E-state index contributed by atoms with van der Waals surface area (Å²) in [6, 6.07) is 8.02. The molecule has 0 atom stereocenters. The van der Waals surface area contributed by atoms with Gasteiger partial charge >= 0.3 is 0 Å². The van der Waals surface area contributed by atoms with Gasteiger partial charge in [-0.15, -0.1) is 0 Å². The molecule has 2 heteroatoms. The molecule has 0 radical (unpaired) electrons. The molecule has 1 aromatic rings. The predicted octanol–water partition coefficient (Wildman–Crippen LogP) is 2.00. The second kappa shape index (κ2) is 5.61. The van der Waals surface area contributed by atoms with Crippen molar-refractivity contribution >= 4 is 5.69 Å². The van der Waals surface area contributed by atoms with Crippen LogP contribution >= 0.6 is 0 Å². The van der Waals surface area contributed by atoms with Crippen molar-refractivity contribution in [3.05, 3.63) is 29.8 Å². The molecular formula is C10H17NO. The number of hydrogen-bond donors (Lipinski definition) is 2. The molecule has 1 rings (SSSR count). The Morgan fingerprint density at radius 1 is 1.25 bits per heavy atom. The first-order valence-corrected chi connectivity index (χ1v) is 4.00. The van der Waals surface area contributed by atoms with Crippen molar-refractivity contribution in [1.29, 1.82) is 0 Å². The Morgan fingerprint density at radius 3 is 2.17 bits per heavy atom. The monoisotopic (exact) mass is 167 g/mol. The molecule has 0 fully saturated rings. The van der Waals surface area contributed by atoms with Crippen molar-refractivity contribution in [1.82, 2.24) is 0 Å². The molecule has 0 saturated carbocycles. The third-order valence-electron chi connectivity index (χ3n) is 1.58. The number of anilines is 1. The van der Waals surface area contributed by atoms with E-state index in [4.69, 9.17) is 10.8 Å². The largest absolute Gasteiger partial charge is 0.400 e. The van der Waals surface area contributed by atoms with Crippen molar-refractivity contribution in [2.24, 2.45) is 0 Å². The molecule has 0 amide bonds. The zero-order valence-electron chi connectivity index (χ0n) is 7.91. The normalized spacial score (nSPS) is 9.08. The first kappa shape index (κ1) is 11.0. The molecule has 3 N–H and O–H groups in total. The fourth-order valence-electron chi connectivity index (χ4n) is 0.918. The lowest BCUT2D eigenvalue weighted by Crippen LogP contribution is -1.89. The van der Waals surface area contributed by atoms with Gasteiger partial charge in [-0.05, 0) is 23.6 Å². The van der Waals surface area contributed by atoms with Crippen LogP contribution in [0.2, 0.25) is 0 Å². The van der Waals surface area contributed by atoms with Gasteiger partial charge in [-0.3, -0.25) is 0 Å². The maximum atomic E-state index is 7.00. The molecule has 1 aromatic carbocycles. The average Bonchev–Trinajstić information content (AvgIpc) is 2.08. The van der Waals surface area contributed by atoms with Crippen LogP contribution in [0.25, 0.3) is 0 Å². The molecular weight excluding hydrogens is 150 g/mol. The van der Waals surface area contributed by atoms with E-state index in [0.717, 1.165) is 12.8 Å². The van der Waals surface area contributed by atoms with Crippen molar-refractivity contribution in [3.8, 4) is 0 Å². The highest BCUT2D eigenvalue weighted by atomic mass is 16.2. The van der Waals surface area contributed by atoms with Gasteiger partial charge in [0.1, 0.15) is 0 Å². The van der Waals surface area contributed by atoms with E-state index in [2.05, 4.69) is 19.9 Å². The zero-order valence-corrected chi connectivity index (χ0v) is 7.91. The van der Waals surface area contributed by atoms with Gasteiger partial charge in [-0.2, -0.15) is 0 Å². The lowest BCUT2D eigenvalue weighted by atomic mass is 10.0. The average molecular weight is 167 g/mol. The highest BCUT2D eigenvalue weighted by Crippen LogP contribution is 2.15. The zero-order chi connectivity index (χ0) is 9.56. The lowest BCUT2D eigenvalue weighted by molar-refractivity contribution is 0.399. The summed E-state index contributed by atoms with van der Waals surface area (Å²) >= 11 is 0. The van der Waals surface area contributed by atoms with Crippen molar-refractivity contribution < 1.29 is 5.11 Å². The van der Waals surface area contributed by atoms with E-state index in [9.17, 15) is 0 Å². The fourth-order valence-corrected chi connectivity index (χ4v) is 0.918. The van der Waals surface area contributed by atoms with E-state index in [0.29, 0.717) is 5.92 Å². The van der Waals surface area contributed by atoms with Crippen LogP contribution < -0.4 is 5.73 Å². The van der Waals surface area contributed by atoms with Gasteiger partial charge in [0.25, 0.3) is 0 Å². The summed E-state index contributed by atoms with van der Waals surface area (Å²) in [5, 5.41) is 7.00. The van der Waals surface area contributed by atoms with Crippen LogP contribution in [0.15, 0.2) is 24.3 Å². The lowest BCUT2D eigenvalue weighted by Gasteiger charge is -2.04. The Labute approximate surface area is 74.0 Å². The summed E-state index contributed by atoms with van der Waals surface area (Å²) < 4.78 is 0. The number of hydrogen-bond acceptors (Lipinski definition) is 2. The summed E-state index contributed by atoms with van der Waals surface area (Å²) in [7, 11) is 1.00. The SMILES string of the molecule is CC(C)c1cccc(N)c1.CO. The fraction of sp³-hybridized carbons (Fsp3) is 0.400. The van der Waals surface area contributed by atoms with Gasteiger partial charge in [-0.25, -0.2) is 0 Å². The molecule has 0 spiro atoms. The third-order valence-corrected chi connectivity index (χ3v) is 1.58. The summed E-state index contributed by atoms with van der Waals surface area (Å²) in [4.78, 5) is 0. The Hall–Kier alpha value is -1.02. The maximum absolute atomic E-state index is 7.00. The van der Waals surface area contributed by atoms with Crippen molar-refractivity contribution in [2.75, 3.05) is 12.8 Å². The number of nitrogens with two attached hydrogens (primary N) is 1. The van der Waals surface area contributed by atoms with Gasteiger partial charge in [0.15, 0.2) is 0 Å². The van der Waals surface area contributed by atoms with Gasteiger partial charge in [0.2, 0.25) is 0 Å². The van der Waals surface area contributed by atoms with E-state index in [-0.39, 0.29) is 0 Å². The van der Waals surface area contributed by atoms with Crippen LogP contribution in [0.3, 0.4) is 0 Å². The van der Waals surface area contributed by atoms with Crippen molar-refractivity contribution in [3.63, 3.8) is 0 Å².